The third-order valence-corrected chi connectivity index (χ3v) is 3.27. The highest BCUT2D eigenvalue weighted by molar-refractivity contribution is 9.10. The number of anilines is 1. The second-order valence-corrected chi connectivity index (χ2v) is 5.04. The molecule has 0 bridgehead atoms. The fraction of sp³-hybridized carbons (Fsp3) is 0.0625. The van der Waals surface area contributed by atoms with Crippen molar-refractivity contribution in [2.45, 2.75) is 0 Å². The Morgan fingerprint density at radius 3 is 2.63 bits per heavy atom. The van der Waals surface area contributed by atoms with Crippen molar-refractivity contribution >= 4 is 27.2 Å². The Labute approximate surface area is 121 Å². The maximum atomic E-state index is 9.06. The molecule has 0 aromatic heterocycles. The van der Waals surface area contributed by atoms with Gasteiger partial charge in [-0.15, -0.1) is 0 Å². The molecular weight excluding hydrogens is 300 g/mol. The van der Waals surface area contributed by atoms with Gasteiger partial charge in [0.2, 0.25) is 0 Å². The minimum absolute atomic E-state index is 0.606. The van der Waals surface area contributed by atoms with Gasteiger partial charge in [-0.05, 0) is 29.3 Å². The Balaban J connectivity index is 2.09. The Bertz CT molecular complexity index is 627. The number of nitrogens with zero attached hydrogens (tertiary/aromatic N) is 1. The average molecular weight is 313 g/mol. The van der Waals surface area contributed by atoms with Crippen LogP contribution in [0.25, 0.3) is 5.57 Å². The molecule has 0 heterocycles. The van der Waals surface area contributed by atoms with Crippen LogP contribution in [0.1, 0.15) is 11.1 Å². The van der Waals surface area contributed by atoms with Crippen LogP contribution in [-0.4, -0.2) is 6.54 Å². The van der Waals surface area contributed by atoms with Crippen LogP contribution in [0, 0.1) is 11.3 Å². The molecule has 2 nitrogen and oxygen atoms in total. The zero-order chi connectivity index (χ0) is 13.7. The Morgan fingerprint density at radius 2 is 1.95 bits per heavy atom. The van der Waals surface area contributed by atoms with Gasteiger partial charge in [-0.3, -0.25) is 0 Å². The predicted octanol–water partition coefficient (Wildman–Crippen LogP) is 4.45. The summed E-state index contributed by atoms with van der Waals surface area (Å²) in [6, 6.07) is 17.7. The molecule has 1 N–H and O–H groups in total. The lowest BCUT2D eigenvalue weighted by molar-refractivity contribution is 1.32. The third kappa shape index (κ3) is 3.46. The van der Waals surface area contributed by atoms with Crippen molar-refractivity contribution in [1.82, 2.24) is 0 Å². The van der Waals surface area contributed by atoms with Crippen LogP contribution in [-0.2, 0) is 0 Å². The van der Waals surface area contributed by atoms with E-state index in [1.807, 2.05) is 42.5 Å². The maximum Gasteiger partial charge on any atom is 0.101 e. The van der Waals surface area contributed by atoms with Gasteiger partial charge in [-0.2, -0.15) is 5.26 Å². The molecule has 0 unspecified atom stereocenters. The molecule has 2 aromatic rings. The molecule has 0 spiro atoms. The number of hydrogen-bond donors (Lipinski definition) is 1. The molecule has 0 saturated heterocycles. The zero-order valence-corrected chi connectivity index (χ0v) is 11.9. The predicted molar refractivity (Wildman–Crippen MR) is 82.8 cm³/mol. The summed E-state index contributed by atoms with van der Waals surface area (Å²) in [6.07, 6.45) is 0. The summed E-state index contributed by atoms with van der Waals surface area (Å²) in [5, 5.41) is 12.3. The number of nitrogens with one attached hydrogen (secondary N) is 1. The molecule has 0 saturated carbocycles. The third-order valence-electron chi connectivity index (χ3n) is 2.78. The van der Waals surface area contributed by atoms with Gasteiger partial charge in [0.15, 0.2) is 0 Å². The van der Waals surface area contributed by atoms with E-state index in [1.165, 1.54) is 0 Å². The van der Waals surface area contributed by atoms with Crippen molar-refractivity contribution in [2.75, 3.05) is 11.9 Å². The second-order valence-electron chi connectivity index (χ2n) is 4.12. The number of halogens is 1. The molecule has 0 amide bonds. The molecule has 3 heteroatoms. The van der Waals surface area contributed by atoms with Gasteiger partial charge in [0.05, 0.1) is 11.3 Å². The Kier molecular flexibility index (Phi) is 4.38. The van der Waals surface area contributed by atoms with E-state index in [0.717, 1.165) is 21.3 Å². The molecule has 2 rings (SSSR count). The van der Waals surface area contributed by atoms with Gasteiger partial charge in [0.1, 0.15) is 6.07 Å². The van der Waals surface area contributed by atoms with Gasteiger partial charge >= 0.3 is 0 Å². The summed E-state index contributed by atoms with van der Waals surface area (Å²) in [6.45, 7) is 4.67. The van der Waals surface area contributed by atoms with E-state index in [9.17, 15) is 0 Å². The van der Waals surface area contributed by atoms with Gasteiger partial charge in [-0.25, -0.2) is 0 Å². The minimum Gasteiger partial charge on any atom is -0.380 e. The normalized spacial score (nSPS) is 9.68. The Hall–Kier alpha value is -2.05. The topological polar surface area (TPSA) is 35.8 Å². The second kappa shape index (κ2) is 6.21. The molecule has 0 atom stereocenters. The van der Waals surface area contributed by atoms with E-state index in [1.54, 1.807) is 6.07 Å². The summed E-state index contributed by atoms with van der Waals surface area (Å²) in [7, 11) is 0. The number of nitriles is 1. The minimum atomic E-state index is 0.606. The number of hydrogen-bond acceptors (Lipinski definition) is 2. The van der Waals surface area contributed by atoms with E-state index in [2.05, 4.69) is 33.9 Å². The largest absolute Gasteiger partial charge is 0.380 e. The first-order valence-corrected chi connectivity index (χ1v) is 6.66. The van der Waals surface area contributed by atoms with Crippen molar-refractivity contribution in [3.63, 3.8) is 0 Å². The van der Waals surface area contributed by atoms with E-state index in [0.29, 0.717) is 12.1 Å². The SMILES string of the molecule is C=C(CNc1cc(Br)ccc1C#N)c1ccccc1. The summed E-state index contributed by atoms with van der Waals surface area (Å²) in [5.41, 5.74) is 3.53. The van der Waals surface area contributed by atoms with Crippen LogP contribution in [0.3, 0.4) is 0 Å². The molecule has 0 fully saturated rings. The van der Waals surface area contributed by atoms with Crippen molar-refractivity contribution in [2.24, 2.45) is 0 Å². The van der Waals surface area contributed by atoms with E-state index < -0.39 is 0 Å². The van der Waals surface area contributed by atoms with Gasteiger partial charge < -0.3 is 5.32 Å². The van der Waals surface area contributed by atoms with Crippen LogP contribution in [0.15, 0.2) is 59.6 Å². The maximum absolute atomic E-state index is 9.06. The molecule has 19 heavy (non-hydrogen) atoms. The van der Waals surface area contributed by atoms with Crippen molar-refractivity contribution in [3.05, 3.63) is 70.7 Å². The van der Waals surface area contributed by atoms with Crippen molar-refractivity contribution in [3.8, 4) is 6.07 Å². The van der Waals surface area contributed by atoms with E-state index in [-0.39, 0.29) is 0 Å². The summed E-state index contributed by atoms with van der Waals surface area (Å²) in [5.74, 6) is 0. The van der Waals surface area contributed by atoms with E-state index in [4.69, 9.17) is 5.26 Å². The van der Waals surface area contributed by atoms with Crippen molar-refractivity contribution < 1.29 is 0 Å². The van der Waals surface area contributed by atoms with Crippen LogP contribution in [0.4, 0.5) is 5.69 Å². The van der Waals surface area contributed by atoms with Gasteiger partial charge in [-0.1, -0.05) is 52.8 Å². The molecule has 0 radical (unpaired) electrons. The van der Waals surface area contributed by atoms with E-state index >= 15 is 0 Å². The number of rotatable bonds is 4. The van der Waals surface area contributed by atoms with Crippen molar-refractivity contribution in [1.29, 1.82) is 5.26 Å². The molecule has 2 aromatic carbocycles. The van der Waals surface area contributed by atoms with Crippen LogP contribution < -0.4 is 5.32 Å². The highest BCUT2D eigenvalue weighted by Gasteiger charge is 2.03. The first-order chi connectivity index (χ1) is 9.20. The molecule has 0 aliphatic rings. The molecule has 0 aliphatic carbocycles. The van der Waals surface area contributed by atoms with Crippen LogP contribution in [0.2, 0.25) is 0 Å². The van der Waals surface area contributed by atoms with Gasteiger partial charge in [0, 0.05) is 11.0 Å². The highest BCUT2D eigenvalue weighted by Crippen LogP contribution is 2.22. The zero-order valence-electron chi connectivity index (χ0n) is 10.4. The average Bonchev–Trinajstić information content (AvgIpc) is 2.46. The molecule has 0 aliphatic heterocycles. The summed E-state index contributed by atoms with van der Waals surface area (Å²) < 4.78 is 0.944. The standard InChI is InChI=1S/C16H13BrN2/c1-12(13-5-3-2-4-6-13)11-19-16-9-15(17)8-7-14(16)10-18/h2-9,19H,1,11H2. The van der Waals surface area contributed by atoms with Crippen LogP contribution >= 0.6 is 15.9 Å². The lowest BCUT2D eigenvalue weighted by Gasteiger charge is -2.11. The van der Waals surface area contributed by atoms with Crippen LogP contribution in [0.5, 0.6) is 0 Å². The fourth-order valence-corrected chi connectivity index (χ4v) is 2.10. The lowest BCUT2D eigenvalue weighted by atomic mass is 10.1. The highest BCUT2D eigenvalue weighted by atomic mass is 79.9. The van der Waals surface area contributed by atoms with Gasteiger partial charge in [0.25, 0.3) is 0 Å². The first-order valence-electron chi connectivity index (χ1n) is 5.87. The molecular formula is C16H13BrN2. The lowest BCUT2D eigenvalue weighted by Crippen LogP contribution is -2.04. The Morgan fingerprint density at radius 1 is 1.21 bits per heavy atom. The first kappa shape index (κ1) is 13.4. The number of benzene rings is 2. The quantitative estimate of drug-likeness (QED) is 0.905. The molecule has 94 valence electrons. The smallest absolute Gasteiger partial charge is 0.101 e. The fourth-order valence-electron chi connectivity index (χ4n) is 1.74. The monoisotopic (exact) mass is 312 g/mol. The summed E-state index contributed by atoms with van der Waals surface area (Å²) >= 11 is 3.41. The summed E-state index contributed by atoms with van der Waals surface area (Å²) in [4.78, 5) is 0.